The minimum atomic E-state index is 0.147. The fourth-order valence-corrected chi connectivity index (χ4v) is 2.28. The van der Waals surface area contributed by atoms with E-state index in [1.165, 1.54) is 0 Å². The zero-order valence-corrected chi connectivity index (χ0v) is 14.4. The van der Waals surface area contributed by atoms with Gasteiger partial charge in [0, 0.05) is 4.47 Å². The molecule has 2 aromatic carbocycles. The van der Waals surface area contributed by atoms with Crippen LogP contribution in [0.2, 0.25) is 0 Å². The van der Waals surface area contributed by atoms with Gasteiger partial charge in [-0.3, -0.25) is 5.43 Å². The van der Waals surface area contributed by atoms with Crippen LogP contribution in [-0.2, 0) is 6.61 Å². The number of benzene rings is 2. The molecule has 0 bridgehead atoms. The zero-order valence-electron chi connectivity index (χ0n) is 12.0. The van der Waals surface area contributed by atoms with E-state index in [0.717, 1.165) is 27.1 Å². The average molecular weight is 378 g/mol. The number of thiocarbonyl (C=S) groups is 1. The highest BCUT2D eigenvalue weighted by Crippen LogP contribution is 2.17. The van der Waals surface area contributed by atoms with E-state index >= 15 is 0 Å². The highest BCUT2D eigenvalue weighted by Gasteiger charge is 2.00. The van der Waals surface area contributed by atoms with Gasteiger partial charge in [0.1, 0.15) is 12.4 Å². The summed E-state index contributed by atoms with van der Waals surface area (Å²) >= 11 is 8.16. The van der Waals surface area contributed by atoms with Crippen molar-refractivity contribution in [1.29, 1.82) is 0 Å². The van der Waals surface area contributed by atoms with Crippen LogP contribution in [0.4, 0.5) is 0 Å². The Morgan fingerprint density at radius 3 is 2.64 bits per heavy atom. The van der Waals surface area contributed by atoms with E-state index in [1.54, 1.807) is 0 Å². The van der Waals surface area contributed by atoms with Crippen LogP contribution in [-0.4, -0.2) is 10.8 Å². The summed E-state index contributed by atoms with van der Waals surface area (Å²) in [5.74, 6) is 0.804. The molecule has 0 saturated heterocycles. The largest absolute Gasteiger partial charge is 0.489 e. The van der Waals surface area contributed by atoms with Crippen LogP contribution in [0.5, 0.6) is 5.75 Å². The van der Waals surface area contributed by atoms with Crippen molar-refractivity contribution in [1.82, 2.24) is 5.43 Å². The second-order valence-electron chi connectivity index (χ2n) is 4.62. The van der Waals surface area contributed by atoms with Crippen LogP contribution in [0.25, 0.3) is 0 Å². The van der Waals surface area contributed by atoms with Crippen molar-refractivity contribution in [2.45, 2.75) is 13.5 Å². The van der Waals surface area contributed by atoms with Crippen molar-refractivity contribution >= 4 is 39.0 Å². The van der Waals surface area contributed by atoms with Crippen molar-refractivity contribution in [3.63, 3.8) is 0 Å². The van der Waals surface area contributed by atoms with E-state index in [9.17, 15) is 0 Å². The number of rotatable bonds is 5. The molecule has 0 spiro atoms. The molecule has 0 unspecified atom stereocenters. The van der Waals surface area contributed by atoms with Crippen molar-refractivity contribution < 1.29 is 4.74 Å². The Hall–Kier alpha value is -1.92. The third-order valence-corrected chi connectivity index (χ3v) is 3.48. The Labute approximate surface area is 143 Å². The summed E-state index contributed by atoms with van der Waals surface area (Å²) in [5, 5.41) is 4.23. The van der Waals surface area contributed by atoms with Gasteiger partial charge >= 0.3 is 0 Å². The van der Waals surface area contributed by atoms with E-state index in [0.29, 0.717) is 6.61 Å². The number of nitrogens with one attached hydrogen (secondary N) is 1. The molecular formula is C16H16BrN3OS. The molecule has 0 radical (unpaired) electrons. The maximum Gasteiger partial charge on any atom is 0.184 e. The molecule has 6 heteroatoms. The molecule has 3 N–H and O–H groups in total. The summed E-state index contributed by atoms with van der Waals surface area (Å²) in [7, 11) is 0. The van der Waals surface area contributed by atoms with Gasteiger partial charge in [0.2, 0.25) is 0 Å². The van der Waals surface area contributed by atoms with E-state index in [4.69, 9.17) is 22.7 Å². The first-order valence-corrected chi connectivity index (χ1v) is 7.82. The quantitative estimate of drug-likeness (QED) is 0.474. The van der Waals surface area contributed by atoms with Crippen LogP contribution in [0.15, 0.2) is 58.1 Å². The molecule has 22 heavy (non-hydrogen) atoms. The van der Waals surface area contributed by atoms with Gasteiger partial charge in [0.05, 0.1) is 5.71 Å². The lowest BCUT2D eigenvalue weighted by atomic mass is 10.1. The lowest BCUT2D eigenvalue weighted by Crippen LogP contribution is -2.25. The summed E-state index contributed by atoms with van der Waals surface area (Å²) in [6, 6.07) is 15.7. The molecule has 0 heterocycles. The standard InChI is InChI=1S/C16H16BrN3OS/c1-11(19-20-16(18)22)13-5-7-15(8-6-13)21-10-12-3-2-4-14(17)9-12/h2-9H,10H2,1H3,(H3,18,20,22)/b19-11+. The zero-order chi connectivity index (χ0) is 15.9. The smallest absolute Gasteiger partial charge is 0.184 e. The van der Waals surface area contributed by atoms with Crippen molar-refractivity contribution in [2.24, 2.45) is 10.8 Å². The van der Waals surface area contributed by atoms with Gasteiger partial charge in [-0.25, -0.2) is 0 Å². The molecule has 0 saturated carbocycles. The van der Waals surface area contributed by atoms with Gasteiger partial charge in [-0.1, -0.05) is 28.1 Å². The van der Waals surface area contributed by atoms with Gasteiger partial charge in [-0.15, -0.1) is 0 Å². The highest BCUT2D eigenvalue weighted by atomic mass is 79.9. The van der Waals surface area contributed by atoms with Crippen molar-refractivity contribution in [3.05, 3.63) is 64.1 Å². The van der Waals surface area contributed by atoms with Crippen LogP contribution in [0.3, 0.4) is 0 Å². The monoisotopic (exact) mass is 377 g/mol. The second kappa shape index (κ2) is 7.91. The molecule has 2 rings (SSSR count). The minimum absolute atomic E-state index is 0.147. The molecule has 0 amide bonds. The van der Waals surface area contributed by atoms with Crippen LogP contribution in [0.1, 0.15) is 18.1 Å². The number of nitrogens with zero attached hydrogens (tertiary/aromatic N) is 1. The summed E-state index contributed by atoms with van der Waals surface area (Å²) in [6.45, 7) is 2.40. The average Bonchev–Trinajstić information content (AvgIpc) is 2.51. The lowest BCUT2D eigenvalue weighted by molar-refractivity contribution is 0.306. The Morgan fingerprint density at radius 2 is 2.00 bits per heavy atom. The first-order valence-electron chi connectivity index (χ1n) is 6.62. The Balaban J connectivity index is 1.97. The number of hydrogen-bond acceptors (Lipinski definition) is 3. The summed E-state index contributed by atoms with van der Waals surface area (Å²) in [5.41, 5.74) is 10.8. The fourth-order valence-electron chi connectivity index (χ4n) is 1.79. The minimum Gasteiger partial charge on any atom is -0.489 e. The van der Waals surface area contributed by atoms with E-state index in [1.807, 2.05) is 55.5 Å². The van der Waals surface area contributed by atoms with Gasteiger partial charge in [-0.05, 0) is 66.7 Å². The Kier molecular flexibility index (Phi) is 5.91. The van der Waals surface area contributed by atoms with Crippen molar-refractivity contribution in [2.75, 3.05) is 0 Å². The van der Waals surface area contributed by atoms with E-state index in [2.05, 4.69) is 26.5 Å². The predicted octanol–water partition coefficient (Wildman–Crippen LogP) is 3.59. The molecule has 0 fully saturated rings. The highest BCUT2D eigenvalue weighted by molar-refractivity contribution is 9.10. The number of ether oxygens (including phenoxy) is 1. The van der Waals surface area contributed by atoms with Crippen LogP contribution in [0, 0.1) is 0 Å². The maximum atomic E-state index is 5.76. The number of hydrogen-bond donors (Lipinski definition) is 2. The summed E-state index contributed by atoms with van der Waals surface area (Å²) in [6.07, 6.45) is 0. The normalized spacial score (nSPS) is 11.1. The molecule has 0 aliphatic carbocycles. The Bertz CT molecular complexity index is 686. The molecule has 0 aromatic heterocycles. The topological polar surface area (TPSA) is 59.6 Å². The number of halogens is 1. The van der Waals surface area contributed by atoms with Gasteiger partial charge in [0.25, 0.3) is 0 Å². The Morgan fingerprint density at radius 1 is 1.27 bits per heavy atom. The number of hydrazone groups is 1. The summed E-state index contributed by atoms with van der Waals surface area (Å²) in [4.78, 5) is 0. The van der Waals surface area contributed by atoms with E-state index < -0.39 is 0 Å². The third-order valence-electron chi connectivity index (χ3n) is 2.90. The molecule has 0 aliphatic rings. The molecule has 2 aromatic rings. The molecule has 114 valence electrons. The second-order valence-corrected chi connectivity index (χ2v) is 5.97. The molecule has 4 nitrogen and oxygen atoms in total. The van der Waals surface area contributed by atoms with Crippen LogP contribution >= 0.6 is 28.1 Å². The number of nitrogens with two attached hydrogens (primary N) is 1. The van der Waals surface area contributed by atoms with Crippen molar-refractivity contribution in [3.8, 4) is 5.75 Å². The lowest BCUT2D eigenvalue weighted by Gasteiger charge is -2.08. The summed E-state index contributed by atoms with van der Waals surface area (Å²) < 4.78 is 6.81. The van der Waals surface area contributed by atoms with Crippen LogP contribution < -0.4 is 15.9 Å². The third kappa shape index (κ3) is 5.13. The van der Waals surface area contributed by atoms with Gasteiger partial charge in [-0.2, -0.15) is 5.10 Å². The van der Waals surface area contributed by atoms with Gasteiger partial charge in [0.15, 0.2) is 5.11 Å². The SMILES string of the molecule is C/C(=N\NC(N)=S)c1ccc(OCc2cccc(Br)c2)cc1. The predicted molar refractivity (Wildman–Crippen MR) is 97.0 cm³/mol. The molecule has 0 aliphatic heterocycles. The molecular weight excluding hydrogens is 362 g/mol. The first-order chi connectivity index (χ1) is 10.5. The van der Waals surface area contributed by atoms with Gasteiger partial charge < -0.3 is 10.5 Å². The molecule has 0 atom stereocenters. The first kappa shape index (κ1) is 16.5. The fraction of sp³-hybridized carbons (Fsp3) is 0.125. The maximum absolute atomic E-state index is 5.76. The van der Waals surface area contributed by atoms with E-state index in [-0.39, 0.29) is 5.11 Å².